The highest BCUT2D eigenvalue weighted by Gasteiger charge is 2.19. The van der Waals surface area contributed by atoms with Crippen LogP contribution >= 0.6 is 11.3 Å². The molecule has 0 bridgehead atoms. The van der Waals surface area contributed by atoms with Gasteiger partial charge in [-0.1, -0.05) is 127 Å². The molecule has 4 heterocycles. The van der Waals surface area contributed by atoms with E-state index in [1.54, 1.807) is 0 Å². The van der Waals surface area contributed by atoms with Crippen molar-refractivity contribution >= 4 is 75.3 Å². The summed E-state index contributed by atoms with van der Waals surface area (Å²) < 4.78 is 11.9. The number of furan rings is 1. The highest BCUT2D eigenvalue weighted by Crippen LogP contribution is 2.41. The number of hydrogen-bond donors (Lipinski definition) is 0. The molecule has 266 valence electrons. The third-order valence-electron chi connectivity index (χ3n) is 11.2. The normalized spacial score (nSPS) is 11.9. The van der Waals surface area contributed by atoms with Crippen LogP contribution in [0.2, 0.25) is 0 Å². The molecule has 12 rings (SSSR count). The van der Waals surface area contributed by atoms with Gasteiger partial charge in [0.1, 0.15) is 5.58 Å². The first-order valence-electron chi connectivity index (χ1n) is 19.1. The van der Waals surface area contributed by atoms with Crippen LogP contribution in [-0.2, 0) is 0 Å². The smallest absolute Gasteiger partial charge is 0.160 e. The number of benzene rings is 8. The van der Waals surface area contributed by atoms with E-state index >= 15 is 0 Å². The van der Waals surface area contributed by atoms with Gasteiger partial charge >= 0.3 is 0 Å². The molecule has 4 nitrogen and oxygen atoms in total. The van der Waals surface area contributed by atoms with Crippen LogP contribution in [0, 0.1) is 0 Å². The van der Waals surface area contributed by atoms with Crippen molar-refractivity contribution in [3.8, 4) is 50.7 Å². The van der Waals surface area contributed by atoms with Crippen LogP contribution in [0.5, 0.6) is 0 Å². The molecule has 0 aliphatic rings. The van der Waals surface area contributed by atoms with E-state index in [4.69, 9.17) is 14.4 Å². The van der Waals surface area contributed by atoms with Gasteiger partial charge in [0.05, 0.1) is 28.1 Å². The molecule has 0 aliphatic heterocycles. The van der Waals surface area contributed by atoms with Gasteiger partial charge in [0.2, 0.25) is 0 Å². The maximum absolute atomic E-state index is 6.88. The molecule has 12 aromatic rings. The molecule has 57 heavy (non-hydrogen) atoms. The van der Waals surface area contributed by atoms with E-state index in [1.807, 2.05) is 47.7 Å². The highest BCUT2D eigenvalue weighted by molar-refractivity contribution is 7.25. The summed E-state index contributed by atoms with van der Waals surface area (Å²) >= 11 is 1.85. The first-order chi connectivity index (χ1) is 28.2. The number of aromatic nitrogens is 3. The van der Waals surface area contributed by atoms with Gasteiger partial charge in [-0.25, -0.2) is 9.97 Å². The molecule has 0 saturated heterocycles. The first-order valence-corrected chi connectivity index (χ1v) is 20.0. The quantitative estimate of drug-likeness (QED) is 0.176. The third-order valence-corrected chi connectivity index (χ3v) is 12.4. The van der Waals surface area contributed by atoms with Crippen molar-refractivity contribution in [1.29, 1.82) is 0 Å². The maximum Gasteiger partial charge on any atom is 0.160 e. The summed E-state index contributed by atoms with van der Waals surface area (Å²) in [5.41, 5.74) is 12.1. The van der Waals surface area contributed by atoms with Crippen molar-refractivity contribution < 1.29 is 4.42 Å². The first kappa shape index (κ1) is 32.0. The molecular formula is C52H31N3OS. The summed E-state index contributed by atoms with van der Waals surface area (Å²) in [6.07, 6.45) is 0. The van der Waals surface area contributed by atoms with Crippen molar-refractivity contribution in [1.82, 2.24) is 14.5 Å². The second-order valence-corrected chi connectivity index (χ2v) is 15.6. The zero-order chi connectivity index (χ0) is 37.5. The summed E-state index contributed by atoms with van der Waals surface area (Å²) in [7, 11) is 0. The molecule has 0 atom stereocenters. The van der Waals surface area contributed by atoms with Gasteiger partial charge in [-0.3, -0.25) is 0 Å². The van der Waals surface area contributed by atoms with Crippen LogP contribution in [0.3, 0.4) is 0 Å². The number of para-hydroxylation sites is 2. The number of rotatable bonds is 5. The van der Waals surface area contributed by atoms with Crippen LogP contribution in [0.4, 0.5) is 0 Å². The number of nitrogens with zero attached hydrogens (tertiary/aromatic N) is 3. The average molecular weight is 746 g/mol. The van der Waals surface area contributed by atoms with E-state index in [2.05, 4.69) is 156 Å². The SMILES string of the molecule is c1ccc(-c2cc(-c3ccccc3)nc(-c3ccc4c(c3)oc3c(-n5c6ccccc6c6cc(-c7ccc8sc9ccccc9c8c7)ccc65)cccc34)n2)cc1. The van der Waals surface area contributed by atoms with Gasteiger partial charge in [-0.05, 0) is 71.8 Å². The molecule has 0 aliphatic carbocycles. The molecule has 4 aromatic heterocycles. The molecule has 5 heteroatoms. The van der Waals surface area contributed by atoms with Crippen molar-refractivity contribution in [2.75, 3.05) is 0 Å². The lowest BCUT2D eigenvalue weighted by molar-refractivity contribution is 0.666. The lowest BCUT2D eigenvalue weighted by Gasteiger charge is -2.09. The molecule has 0 radical (unpaired) electrons. The molecule has 0 unspecified atom stereocenters. The Kier molecular flexibility index (Phi) is 7.06. The van der Waals surface area contributed by atoms with Gasteiger partial charge in [-0.15, -0.1) is 11.3 Å². The second kappa shape index (κ2) is 12.6. The van der Waals surface area contributed by atoms with Crippen molar-refractivity contribution in [2.24, 2.45) is 0 Å². The van der Waals surface area contributed by atoms with E-state index < -0.39 is 0 Å². The number of thiophene rings is 1. The maximum atomic E-state index is 6.88. The zero-order valence-corrected chi connectivity index (χ0v) is 31.4. The Balaban J connectivity index is 1.01. The summed E-state index contributed by atoms with van der Waals surface area (Å²) in [6.45, 7) is 0. The second-order valence-electron chi connectivity index (χ2n) is 14.6. The Labute approximate surface area is 331 Å². The fourth-order valence-electron chi connectivity index (χ4n) is 8.51. The highest BCUT2D eigenvalue weighted by atomic mass is 32.1. The molecule has 0 spiro atoms. The fourth-order valence-corrected chi connectivity index (χ4v) is 9.59. The lowest BCUT2D eigenvalue weighted by atomic mass is 10.0. The monoisotopic (exact) mass is 745 g/mol. The predicted molar refractivity (Wildman–Crippen MR) is 238 cm³/mol. The molecule has 0 saturated carbocycles. The standard InChI is InChI=1S/C52H31N3OS/c1-3-12-32(13-4-1)43-31-44(33-14-5-2-6-15-33)54-52(53-43)36-22-25-38-40-18-11-20-47(51(40)56-48(38)30-36)55-45-19-9-7-16-37(45)41-28-34(23-26-46(41)55)35-24-27-50-42(29-35)39-17-8-10-21-49(39)57-50/h1-31H. The van der Waals surface area contributed by atoms with Gasteiger partial charge in [0.25, 0.3) is 0 Å². The van der Waals surface area contributed by atoms with Crippen LogP contribution < -0.4 is 0 Å². The number of hydrogen-bond acceptors (Lipinski definition) is 4. The van der Waals surface area contributed by atoms with E-state index in [0.717, 1.165) is 66.7 Å². The van der Waals surface area contributed by atoms with E-state index in [9.17, 15) is 0 Å². The minimum absolute atomic E-state index is 0.655. The minimum Gasteiger partial charge on any atom is -0.454 e. The van der Waals surface area contributed by atoms with E-state index in [-0.39, 0.29) is 0 Å². The molecule has 0 amide bonds. The van der Waals surface area contributed by atoms with Crippen molar-refractivity contribution in [3.05, 3.63) is 188 Å². The van der Waals surface area contributed by atoms with Crippen molar-refractivity contribution in [3.63, 3.8) is 0 Å². The topological polar surface area (TPSA) is 43.9 Å². The van der Waals surface area contributed by atoms with Crippen LogP contribution in [0.15, 0.2) is 192 Å². The summed E-state index contributed by atoms with van der Waals surface area (Å²) in [5, 5.41) is 7.15. The van der Waals surface area contributed by atoms with Gasteiger partial charge in [-0.2, -0.15) is 0 Å². The van der Waals surface area contributed by atoms with Crippen LogP contribution in [-0.4, -0.2) is 14.5 Å². The Morgan fingerprint density at radius 1 is 0.386 bits per heavy atom. The third kappa shape index (κ3) is 5.13. The number of fused-ring (bicyclic) bond motifs is 9. The summed E-state index contributed by atoms with van der Waals surface area (Å²) in [6, 6.07) is 66.6. The Morgan fingerprint density at radius 3 is 1.79 bits per heavy atom. The Bertz CT molecular complexity index is 3470. The molecular weight excluding hydrogens is 715 g/mol. The largest absolute Gasteiger partial charge is 0.454 e. The van der Waals surface area contributed by atoms with Gasteiger partial charge < -0.3 is 8.98 Å². The van der Waals surface area contributed by atoms with Gasteiger partial charge in [0, 0.05) is 58.4 Å². The van der Waals surface area contributed by atoms with Crippen LogP contribution in [0.25, 0.3) is 115 Å². The van der Waals surface area contributed by atoms with Gasteiger partial charge in [0.15, 0.2) is 11.4 Å². The lowest BCUT2D eigenvalue weighted by Crippen LogP contribution is -1.95. The molecule has 0 fully saturated rings. The Morgan fingerprint density at radius 2 is 1.00 bits per heavy atom. The minimum atomic E-state index is 0.655. The summed E-state index contributed by atoms with van der Waals surface area (Å²) in [5.74, 6) is 0.655. The van der Waals surface area contributed by atoms with E-state index in [1.165, 1.54) is 42.1 Å². The molecule has 0 N–H and O–H groups in total. The summed E-state index contributed by atoms with van der Waals surface area (Å²) in [4.78, 5) is 10.2. The molecule has 8 aromatic carbocycles. The fraction of sp³-hybridized carbons (Fsp3) is 0. The average Bonchev–Trinajstić information content (AvgIpc) is 3.95. The zero-order valence-electron chi connectivity index (χ0n) is 30.6. The van der Waals surface area contributed by atoms with E-state index in [0.29, 0.717) is 5.82 Å². The Hall–Kier alpha value is -7.34. The van der Waals surface area contributed by atoms with Crippen molar-refractivity contribution in [2.45, 2.75) is 0 Å². The predicted octanol–water partition coefficient (Wildman–Crippen LogP) is 14.5. The van der Waals surface area contributed by atoms with Crippen LogP contribution in [0.1, 0.15) is 0 Å².